The predicted molar refractivity (Wildman–Crippen MR) is 74.9 cm³/mol. The van der Waals surface area contributed by atoms with Crippen LogP contribution in [0.5, 0.6) is 0 Å². The highest BCUT2D eigenvalue weighted by Gasteiger charge is 2.26. The lowest BCUT2D eigenvalue weighted by Crippen LogP contribution is -2.44. The molecule has 18 heavy (non-hydrogen) atoms. The summed E-state index contributed by atoms with van der Waals surface area (Å²) in [5.74, 6) is -0.700. The summed E-state index contributed by atoms with van der Waals surface area (Å²) in [4.78, 5) is 24.1. The van der Waals surface area contributed by atoms with E-state index in [0.717, 1.165) is 9.35 Å². The number of halogens is 1. The molecule has 0 aromatic carbocycles. The van der Waals surface area contributed by atoms with E-state index >= 15 is 0 Å². The molecular weight excluding hydrogens is 318 g/mol. The summed E-state index contributed by atoms with van der Waals surface area (Å²) < 4.78 is 5.60. The maximum atomic E-state index is 12.0. The van der Waals surface area contributed by atoms with E-state index in [1.54, 1.807) is 6.07 Å². The first kappa shape index (κ1) is 15.2. The van der Waals surface area contributed by atoms with E-state index in [0.29, 0.717) is 4.88 Å². The molecule has 0 unspecified atom stereocenters. The summed E-state index contributed by atoms with van der Waals surface area (Å²) in [6.45, 7) is 5.63. The molecule has 0 fully saturated rings. The van der Waals surface area contributed by atoms with Crippen LogP contribution in [0.3, 0.4) is 0 Å². The molecule has 6 heteroatoms. The molecule has 0 aliphatic carbocycles. The molecule has 0 radical (unpaired) electrons. The van der Waals surface area contributed by atoms with Crippen LogP contribution in [0.15, 0.2) is 9.85 Å². The normalized spacial score (nSPS) is 12.3. The highest BCUT2D eigenvalue weighted by Crippen LogP contribution is 2.27. The number of methoxy groups -OCH3 is 1. The predicted octanol–water partition coefficient (Wildman–Crippen LogP) is 2.75. The van der Waals surface area contributed by atoms with Gasteiger partial charge in [0.1, 0.15) is 6.04 Å². The van der Waals surface area contributed by atoms with E-state index in [1.807, 2.05) is 20.8 Å². The number of aryl methyl sites for hydroxylation is 1. The number of thiophene rings is 1. The first-order chi connectivity index (χ1) is 8.36. The maximum Gasteiger partial charge on any atom is 0.328 e. The van der Waals surface area contributed by atoms with E-state index < -0.39 is 12.0 Å². The molecule has 0 spiro atoms. The van der Waals surface area contributed by atoms with Crippen molar-refractivity contribution in [1.82, 2.24) is 5.32 Å². The number of hydrogen-bond donors (Lipinski definition) is 1. The van der Waals surface area contributed by atoms with E-state index in [9.17, 15) is 9.59 Å². The number of esters is 1. The van der Waals surface area contributed by atoms with Crippen LogP contribution in [-0.2, 0) is 9.53 Å². The van der Waals surface area contributed by atoms with Gasteiger partial charge in [-0.1, -0.05) is 13.8 Å². The molecule has 0 bridgehead atoms. The number of rotatable bonds is 4. The summed E-state index contributed by atoms with van der Waals surface area (Å²) >= 11 is 4.72. The highest BCUT2D eigenvalue weighted by atomic mass is 79.9. The van der Waals surface area contributed by atoms with Gasteiger partial charge >= 0.3 is 5.97 Å². The van der Waals surface area contributed by atoms with Gasteiger partial charge in [-0.3, -0.25) is 4.79 Å². The van der Waals surface area contributed by atoms with Crippen molar-refractivity contribution in [3.05, 3.63) is 20.3 Å². The fourth-order valence-electron chi connectivity index (χ4n) is 1.41. The average Bonchev–Trinajstić information content (AvgIpc) is 2.65. The van der Waals surface area contributed by atoms with Crippen molar-refractivity contribution < 1.29 is 14.3 Å². The standard InChI is InChI=1S/C12H16BrNO3S/c1-6(2)9(12(16)17-4)14-11(15)8-5-7(3)10(13)18-8/h5-6,9H,1-4H3,(H,14,15)/t9-/m0/s1. The van der Waals surface area contributed by atoms with Crippen LogP contribution in [0.4, 0.5) is 0 Å². The summed E-state index contributed by atoms with van der Waals surface area (Å²) in [5, 5.41) is 2.70. The van der Waals surface area contributed by atoms with E-state index in [4.69, 9.17) is 0 Å². The van der Waals surface area contributed by atoms with Gasteiger partial charge in [-0.05, 0) is 40.4 Å². The second-order valence-electron chi connectivity index (χ2n) is 4.29. The molecule has 1 atom stereocenters. The first-order valence-corrected chi connectivity index (χ1v) is 7.12. The number of amides is 1. The van der Waals surface area contributed by atoms with Crippen molar-refractivity contribution in [3.8, 4) is 0 Å². The Morgan fingerprint density at radius 3 is 2.44 bits per heavy atom. The fraction of sp³-hybridized carbons (Fsp3) is 0.500. The summed E-state index contributed by atoms with van der Waals surface area (Å²) in [5.41, 5.74) is 1.00. The Balaban J connectivity index is 2.81. The molecule has 1 aromatic rings. The van der Waals surface area contributed by atoms with E-state index in [-0.39, 0.29) is 11.8 Å². The maximum absolute atomic E-state index is 12.0. The quantitative estimate of drug-likeness (QED) is 0.862. The zero-order valence-corrected chi connectivity index (χ0v) is 13.1. The van der Waals surface area contributed by atoms with Crippen molar-refractivity contribution in [2.24, 2.45) is 5.92 Å². The Morgan fingerprint density at radius 1 is 1.44 bits per heavy atom. The lowest BCUT2D eigenvalue weighted by Gasteiger charge is -2.19. The minimum absolute atomic E-state index is 0.0223. The van der Waals surface area contributed by atoms with Crippen LogP contribution in [-0.4, -0.2) is 25.0 Å². The molecule has 4 nitrogen and oxygen atoms in total. The second-order valence-corrected chi connectivity index (χ2v) is 6.66. The Hall–Kier alpha value is -0.880. The summed E-state index contributed by atoms with van der Waals surface area (Å²) in [6, 6.07) is 1.17. The van der Waals surface area contributed by atoms with Gasteiger partial charge in [-0.25, -0.2) is 4.79 Å². The van der Waals surface area contributed by atoms with Gasteiger partial charge in [0.2, 0.25) is 0 Å². The van der Waals surface area contributed by atoms with Gasteiger partial charge in [0.05, 0.1) is 15.8 Å². The minimum Gasteiger partial charge on any atom is -0.467 e. The molecule has 100 valence electrons. The minimum atomic E-state index is -0.622. The van der Waals surface area contributed by atoms with Crippen LogP contribution in [0, 0.1) is 12.8 Å². The van der Waals surface area contributed by atoms with Crippen molar-refractivity contribution in [3.63, 3.8) is 0 Å². The Kier molecular flexibility index (Phi) is 5.34. The molecule has 1 aromatic heterocycles. The van der Waals surface area contributed by atoms with Gasteiger partial charge < -0.3 is 10.1 Å². The second kappa shape index (κ2) is 6.33. The van der Waals surface area contributed by atoms with Crippen molar-refractivity contribution in [2.45, 2.75) is 26.8 Å². The zero-order valence-electron chi connectivity index (χ0n) is 10.7. The van der Waals surface area contributed by atoms with Gasteiger partial charge in [-0.2, -0.15) is 0 Å². The molecule has 0 aliphatic heterocycles. The highest BCUT2D eigenvalue weighted by molar-refractivity contribution is 9.11. The lowest BCUT2D eigenvalue weighted by atomic mass is 10.0. The first-order valence-electron chi connectivity index (χ1n) is 5.51. The molecule has 1 amide bonds. The van der Waals surface area contributed by atoms with Gasteiger partial charge in [0, 0.05) is 0 Å². The van der Waals surface area contributed by atoms with Gasteiger partial charge in [-0.15, -0.1) is 11.3 Å². The lowest BCUT2D eigenvalue weighted by molar-refractivity contribution is -0.144. The Labute approximate surface area is 119 Å². The molecule has 0 saturated carbocycles. The summed E-state index contributed by atoms with van der Waals surface area (Å²) in [7, 11) is 1.32. The average molecular weight is 334 g/mol. The largest absolute Gasteiger partial charge is 0.467 e. The third kappa shape index (κ3) is 3.55. The Bertz CT molecular complexity index is 437. The number of hydrogen-bond acceptors (Lipinski definition) is 4. The number of carbonyl (C=O) groups is 2. The number of carbonyl (C=O) groups excluding carboxylic acids is 2. The third-order valence-corrected chi connectivity index (χ3v) is 4.62. The number of nitrogens with one attached hydrogen (secondary N) is 1. The molecule has 0 aliphatic rings. The van der Waals surface area contributed by atoms with Crippen LogP contribution < -0.4 is 5.32 Å². The van der Waals surface area contributed by atoms with Crippen LogP contribution in [0.2, 0.25) is 0 Å². The van der Waals surface area contributed by atoms with E-state index in [1.165, 1.54) is 18.4 Å². The van der Waals surface area contributed by atoms with Crippen molar-refractivity contribution in [1.29, 1.82) is 0 Å². The summed E-state index contributed by atoms with van der Waals surface area (Å²) in [6.07, 6.45) is 0. The monoisotopic (exact) mass is 333 g/mol. The zero-order chi connectivity index (χ0) is 13.9. The van der Waals surface area contributed by atoms with E-state index in [2.05, 4.69) is 26.0 Å². The number of ether oxygens (including phenoxy) is 1. The fourth-order valence-corrected chi connectivity index (χ4v) is 2.85. The molecule has 1 heterocycles. The molecule has 1 rings (SSSR count). The van der Waals surface area contributed by atoms with Crippen molar-refractivity contribution >= 4 is 39.1 Å². The smallest absolute Gasteiger partial charge is 0.328 e. The van der Waals surface area contributed by atoms with Gasteiger partial charge in [0.15, 0.2) is 0 Å². The van der Waals surface area contributed by atoms with Gasteiger partial charge in [0.25, 0.3) is 5.91 Å². The molecule has 1 N–H and O–H groups in total. The molecular formula is C12H16BrNO3S. The van der Waals surface area contributed by atoms with Crippen LogP contribution >= 0.6 is 27.3 Å². The Morgan fingerprint density at radius 2 is 2.06 bits per heavy atom. The molecule has 0 saturated heterocycles. The SMILES string of the molecule is COC(=O)[C@@H](NC(=O)c1cc(C)c(Br)s1)C(C)C. The van der Waals surface area contributed by atoms with Crippen LogP contribution in [0.1, 0.15) is 29.1 Å². The van der Waals surface area contributed by atoms with Crippen LogP contribution in [0.25, 0.3) is 0 Å². The van der Waals surface area contributed by atoms with Crippen molar-refractivity contribution in [2.75, 3.05) is 7.11 Å². The third-order valence-electron chi connectivity index (χ3n) is 2.49. The topological polar surface area (TPSA) is 55.4 Å².